The first-order valence-corrected chi connectivity index (χ1v) is 11.2. The number of rotatable bonds is 2. The predicted molar refractivity (Wildman–Crippen MR) is 127 cm³/mol. The molecule has 168 valence electrons. The molecule has 2 aromatic heterocycles. The van der Waals surface area contributed by atoms with E-state index in [4.69, 9.17) is 11.5 Å². The van der Waals surface area contributed by atoms with Gasteiger partial charge in [0.25, 0.3) is 5.56 Å². The molecule has 5 rings (SSSR count). The van der Waals surface area contributed by atoms with Crippen molar-refractivity contribution in [3.63, 3.8) is 0 Å². The van der Waals surface area contributed by atoms with Crippen molar-refractivity contribution in [2.75, 3.05) is 23.7 Å². The molecule has 1 aromatic carbocycles. The largest absolute Gasteiger partial charge is 0.368 e. The van der Waals surface area contributed by atoms with Gasteiger partial charge in [-0.25, -0.2) is 15.0 Å². The van der Waals surface area contributed by atoms with Crippen molar-refractivity contribution in [1.29, 1.82) is 0 Å². The summed E-state index contributed by atoms with van der Waals surface area (Å²) in [5, 5.41) is 0. The molecule has 33 heavy (non-hydrogen) atoms. The van der Waals surface area contributed by atoms with Crippen LogP contribution in [0.1, 0.15) is 41.1 Å². The Morgan fingerprint density at radius 1 is 1.12 bits per heavy atom. The molecule has 2 aliphatic rings. The van der Waals surface area contributed by atoms with Crippen LogP contribution in [0.25, 0.3) is 0 Å². The first kappa shape index (κ1) is 21.2. The Morgan fingerprint density at radius 2 is 1.85 bits per heavy atom. The smallest absolute Gasteiger partial charge is 0.270 e. The molecule has 4 N–H and O–H groups in total. The maximum absolute atomic E-state index is 12.9. The van der Waals surface area contributed by atoms with Crippen molar-refractivity contribution >= 4 is 11.9 Å². The van der Waals surface area contributed by atoms with Gasteiger partial charge in [-0.2, -0.15) is 0 Å². The second-order valence-corrected chi connectivity index (χ2v) is 8.97. The van der Waals surface area contributed by atoms with Gasteiger partial charge in [-0.3, -0.25) is 9.36 Å². The SMILES string of the molecule is Cn1c(N2CCC3(CC2)Cc2ccccc2[C@H]3N)ncc(C#CCc2cnc(N)nc2)c1=O. The summed E-state index contributed by atoms with van der Waals surface area (Å²) in [5.41, 5.74) is 16.0. The van der Waals surface area contributed by atoms with E-state index < -0.39 is 0 Å². The minimum Gasteiger partial charge on any atom is -0.368 e. The van der Waals surface area contributed by atoms with Gasteiger partial charge in [-0.1, -0.05) is 36.1 Å². The third-order valence-electron chi connectivity index (χ3n) is 7.02. The van der Waals surface area contributed by atoms with Gasteiger partial charge in [-0.05, 0) is 35.8 Å². The molecular formula is C25H27N7O. The highest BCUT2D eigenvalue weighted by molar-refractivity contribution is 5.41. The molecule has 0 radical (unpaired) electrons. The summed E-state index contributed by atoms with van der Waals surface area (Å²) in [6.07, 6.45) is 8.25. The predicted octanol–water partition coefficient (Wildman–Crippen LogP) is 1.59. The van der Waals surface area contributed by atoms with Crippen LogP contribution in [0.5, 0.6) is 0 Å². The molecule has 3 aromatic rings. The normalized spacial score (nSPS) is 18.6. The third-order valence-corrected chi connectivity index (χ3v) is 7.02. The van der Waals surface area contributed by atoms with E-state index in [1.165, 1.54) is 11.1 Å². The minimum absolute atomic E-state index is 0.0664. The number of fused-ring (bicyclic) bond motifs is 1. The average molecular weight is 442 g/mol. The van der Waals surface area contributed by atoms with E-state index in [0.717, 1.165) is 37.9 Å². The molecule has 1 aliphatic carbocycles. The number of piperidine rings is 1. The number of benzene rings is 1. The highest BCUT2D eigenvalue weighted by Gasteiger charge is 2.46. The van der Waals surface area contributed by atoms with Crippen LogP contribution in [0.15, 0.2) is 47.7 Å². The van der Waals surface area contributed by atoms with E-state index in [0.29, 0.717) is 17.9 Å². The summed E-state index contributed by atoms with van der Waals surface area (Å²) in [6.45, 7) is 1.65. The van der Waals surface area contributed by atoms with E-state index in [-0.39, 0.29) is 23.0 Å². The molecule has 1 spiro atoms. The zero-order valence-corrected chi connectivity index (χ0v) is 18.7. The summed E-state index contributed by atoms with van der Waals surface area (Å²) in [7, 11) is 1.76. The number of nitrogens with zero attached hydrogens (tertiary/aromatic N) is 5. The van der Waals surface area contributed by atoms with E-state index in [1.807, 2.05) is 0 Å². The van der Waals surface area contributed by atoms with Gasteiger partial charge in [0, 0.05) is 50.6 Å². The van der Waals surface area contributed by atoms with Crippen LogP contribution in [-0.2, 0) is 19.9 Å². The lowest BCUT2D eigenvalue weighted by Crippen LogP contribution is -2.46. The van der Waals surface area contributed by atoms with Gasteiger partial charge in [-0.15, -0.1) is 0 Å². The van der Waals surface area contributed by atoms with Gasteiger partial charge < -0.3 is 16.4 Å². The standard InChI is InChI=1S/C25H27N7O/c1-31-22(33)19(7-4-5-17-14-28-23(27)29-15-17)16-30-24(31)32-11-9-25(10-12-32)13-18-6-2-3-8-20(18)21(25)26/h2-3,6,8,14-16,21H,5,9-13,26H2,1H3,(H2,27,28,29)/t21-/m1/s1. The van der Waals surface area contributed by atoms with Crippen molar-refractivity contribution in [3.8, 4) is 11.8 Å². The minimum atomic E-state index is -0.147. The van der Waals surface area contributed by atoms with Gasteiger partial charge in [0.15, 0.2) is 0 Å². The average Bonchev–Trinajstić information content (AvgIpc) is 3.10. The van der Waals surface area contributed by atoms with Gasteiger partial charge >= 0.3 is 0 Å². The highest BCUT2D eigenvalue weighted by Crippen LogP contribution is 2.50. The molecule has 1 fully saturated rings. The van der Waals surface area contributed by atoms with Crippen LogP contribution in [0, 0.1) is 17.3 Å². The molecule has 8 heteroatoms. The summed E-state index contributed by atoms with van der Waals surface area (Å²) in [6, 6.07) is 8.58. The zero-order chi connectivity index (χ0) is 23.0. The first-order chi connectivity index (χ1) is 16.0. The first-order valence-electron chi connectivity index (χ1n) is 11.2. The lowest BCUT2D eigenvalue weighted by atomic mass is 9.73. The van der Waals surface area contributed by atoms with Crippen molar-refractivity contribution in [3.05, 3.63) is 75.5 Å². The Hall–Kier alpha value is -3.70. The fraction of sp³-hybridized carbons (Fsp3) is 0.360. The van der Waals surface area contributed by atoms with E-state index in [2.05, 4.69) is 56.0 Å². The second kappa shape index (κ2) is 8.34. The van der Waals surface area contributed by atoms with Gasteiger partial charge in [0.2, 0.25) is 11.9 Å². The summed E-state index contributed by atoms with van der Waals surface area (Å²) in [4.78, 5) is 27.6. The molecule has 1 atom stereocenters. The van der Waals surface area contributed by atoms with Crippen molar-refractivity contribution in [1.82, 2.24) is 19.5 Å². The summed E-state index contributed by atoms with van der Waals surface area (Å²) >= 11 is 0. The quantitative estimate of drug-likeness (QED) is 0.580. The highest BCUT2D eigenvalue weighted by atomic mass is 16.1. The van der Waals surface area contributed by atoms with Gasteiger partial charge in [0.1, 0.15) is 5.56 Å². The number of nitrogen functional groups attached to an aromatic ring is 1. The van der Waals surface area contributed by atoms with Crippen molar-refractivity contribution in [2.24, 2.45) is 18.2 Å². The van der Waals surface area contributed by atoms with E-state index in [9.17, 15) is 4.79 Å². The number of aromatic nitrogens is 4. The molecule has 1 saturated heterocycles. The van der Waals surface area contributed by atoms with E-state index >= 15 is 0 Å². The number of hydrogen-bond acceptors (Lipinski definition) is 7. The van der Waals surface area contributed by atoms with Crippen LogP contribution < -0.4 is 21.9 Å². The van der Waals surface area contributed by atoms with Crippen molar-refractivity contribution < 1.29 is 0 Å². The monoisotopic (exact) mass is 441 g/mol. The molecule has 1 aliphatic heterocycles. The van der Waals surface area contributed by atoms with Crippen LogP contribution in [0.2, 0.25) is 0 Å². The number of hydrogen-bond donors (Lipinski definition) is 2. The lowest BCUT2D eigenvalue weighted by molar-refractivity contribution is 0.186. The molecule has 0 bridgehead atoms. The summed E-state index contributed by atoms with van der Waals surface area (Å²) < 4.78 is 1.59. The van der Waals surface area contributed by atoms with Crippen molar-refractivity contribution in [2.45, 2.75) is 31.7 Å². The van der Waals surface area contributed by atoms with Crippen LogP contribution in [-0.4, -0.2) is 32.6 Å². The maximum Gasteiger partial charge on any atom is 0.270 e. The van der Waals surface area contributed by atoms with Crippen LogP contribution in [0.3, 0.4) is 0 Å². The van der Waals surface area contributed by atoms with Crippen LogP contribution in [0.4, 0.5) is 11.9 Å². The Kier molecular flexibility index (Phi) is 5.35. The zero-order valence-electron chi connectivity index (χ0n) is 18.7. The molecule has 0 amide bonds. The Bertz CT molecular complexity index is 1290. The number of anilines is 2. The van der Waals surface area contributed by atoms with Crippen LogP contribution >= 0.6 is 0 Å². The second-order valence-electron chi connectivity index (χ2n) is 8.97. The summed E-state index contributed by atoms with van der Waals surface area (Å²) in [5.74, 6) is 6.84. The maximum atomic E-state index is 12.9. The number of nitrogens with two attached hydrogens (primary N) is 2. The molecule has 0 saturated carbocycles. The Balaban J connectivity index is 1.29. The van der Waals surface area contributed by atoms with E-state index in [1.54, 1.807) is 30.2 Å². The Labute approximate surface area is 192 Å². The molecule has 3 heterocycles. The fourth-order valence-electron chi connectivity index (χ4n) is 5.07. The fourth-order valence-corrected chi connectivity index (χ4v) is 5.07. The third kappa shape index (κ3) is 3.85. The lowest BCUT2D eigenvalue weighted by Gasteiger charge is -2.42. The van der Waals surface area contributed by atoms with Gasteiger partial charge in [0.05, 0.1) is 6.20 Å². The Morgan fingerprint density at radius 3 is 2.58 bits per heavy atom. The molecular weight excluding hydrogens is 414 g/mol. The molecule has 0 unspecified atom stereocenters. The topological polar surface area (TPSA) is 116 Å². The molecule has 8 nitrogen and oxygen atoms in total.